The summed E-state index contributed by atoms with van der Waals surface area (Å²) in [5, 5.41) is 0. The van der Waals surface area contributed by atoms with Crippen molar-refractivity contribution in [3.8, 4) is 0 Å². The summed E-state index contributed by atoms with van der Waals surface area (Å²) in [6.45, 7) is 7.18. The fourth-order valence-electron chi connectivity index (χ4n) is 3.07. The number of carbonyl (C=O) groups is 2. The number of hydrogen-bond donors (Lipinski definition) is 0. The zero-order chi connectivity index (χ0) is 20.3. The van der Waals surface area contributed by atoms with E-state index in [0.29, 0.717) is 13.1 Å². The molecular weight excluding hydrogens is 358 g/mol. The van der Waals surface area contributed by atoms with Gasteiger partial charge in [-0.2, -0.15) is 0 Å². The third-order valence-electron chi connectivity index (χ3n) is 4.79. The Morgan fingerprint density at radius 1 is 1.07 bits per heavy atom. The van der Waals surface area contributed by atoms with E-state index in [1.165, 1.54) is 19.5 Å². The molecule has 0 aliphatic carbocycles. The van der Waals surface area contributed by atoms with Crippen LogP contribution in [0.25, 0.3) is 0 Å². The highest BCUT2D eigenvalue weighted by atomic mass is 16.5. The van der Waals surface area contributed by atoms with Gasteiger partial charge in [-0.1, -0.05) is 51.1 Å². The summed E-state index contributed by atoms with van der Waals surface area (Å²) < 4.78 is 10.9. The van der Waals surface area contributed by atoms with Gasteiger partial charge in [0.2, 0.25) is 0 Å². The zero-order valence-electron chi connectivity index (χ0n) is 16.6. The van der Waals surface area contributed by atoms with Gasteiger partial charge in [-0.3, -0.25) is 4.79 Å². The Morgan fingerprint density at radius 2 is 1.71 bits per heavy atom. The first-order valence-corrected chi connectivity index (χ1v) is 9.19. The Bertz CT molecular complexity index is 831. The molecule has 148 valence electrons. The first-order valence-electron chi connectivity index (χ1n) is 9.19. The van der Waals surface area contributed by atoms with Crippen molar-refractivity contribution in [2.75, 3.05) is 20.2 Å². The highest BCUT2D eigenvalue weighted by Gasteiger charge is 2.38. The van der Waals surface area contributed by atoms with Gasteiger partial charge in [0.1, 0.15) is 11.8 Å². The Morgan fingerprint density at radius 3 is 2.29 bits per heavy atom. The molecule has 0 N–H and O–H groups in total. The van der Waals surface area contributed by atoms with Crippen molar-refractivity contribution in [1.29, 1.82) is 0 Å². The van der Waals surface area contributed by atoms with Gasteiger partial charge in [0, 0.05) is 6.54 Å². The van der Waals surface area contributed by atoms with Crippen LogP contribution in [0.15, 0.2) is 42.7 Å². The highest BCUT2D eigenvalue weighted by molar-refractivity contribution is 5.93. The molecule has 1 aromatic carbocycles. The first kappa shape index (κ1) is 19.9. The van der Waals surface area contributed by atoms with Gasteiger partial charge in [0.25, 0.3) is 5.91 Å². The van der Waals surface area contributed by atoms with Gasteiger partial charge in [0.15, 0.2) is 5.69 Å². The summed E-state index contributed by atoms with van der Waals surface area (Å²) in [5.74, 6) is -0.822. The molecule has 2 heterocycles. The predicted octanol–water partition coefficient (Wildman–Crippen LogP) is 2.89. The lowest BCUT2D eigenvalue weighted by atomic mass is 9.87. The van der Waals surface area contributed by atoms with Gasteiger partial charge in [-0.05, 0) is 11.0 Å². The fourth-order valence-corrected chi connectivity index (χ4v) is 3.07. The third kappa shape index (κ3) is 4.36. The van der Waals surface area contributed by atoms with Crippen LogP contribution in [0, 0.1) is 5.41 Å². The number of benzene rings is 1. The van der Waals surface area contributed by atoms with E-state index in [-0.39, 0.29) is 34.9 Å². The fraction of sp³-hybridized carbons (Fsp3) is 0.429. The number of carbonyl (C=O) groups excluding carboxylic acids is 2. The van der Waals surface area contributed by atoms with Crippen molar-refractivity contribution in [3.63, 3.8) is 0 Å². The molecule has 1 saturated heterocycles. The molecular formula is C21H25N3O4. The molecule has 1 aliphatic heterocycles. The van der Waals surface area contributed by atoms with Gasteiger partial charge >= 0.3 is 5.97 Å². The monoisotopic (exact) mass is 383 g/mol. The van der Waals surface area contributed by atoms with Crippen LogP contribution in [0.3, 0.4) is 0 Å². The van der Waals surface area contributed by atoms with E-state index in [1.807, 2.05) is 30.3 Å². The van der Waals surface area contributed by atoms with Crippen molar-refractivity contribution >= 4 is 11.9 Å². The topological polar surface area (TPSA) is 81.6 Å². The molecule has 2 aromatic rings. The van der Waals surface area contributed by atoms with Crippen molar-refractivity contribution in [3.05, 3.63) is 59.7 Å². The number of esters is 1. The number of methoxy groups -OCH3 is 1. The van der Waals surface area contributed by atoms with E-state index < -0.39 is 5.97 Å². The second-order valence-electron chi connectivity index (χ2n) is 7.88. The van der Waals surface area contributed by atoms with E-state index in [9.17, 15) is 9.59 Å². The molecule has 7 heteroatoms. The SMILES string of the molecule is COC(=O)c1cnc(C(=O)N2C[C@@H](c3ccccc3)O[C@@H](C(C)(C)C)C2)cn1. The van der Waals surface area contributed by atoms with Gasteiger partial charge < -0.3 is 14.4 Å². The Kier molecular flexibility index (Phi) is 5.74. The molecule has 3 rings (SSSR count). The normalized spacial score (nSPS) is 19.9. The van der Waals surface area contributed by atoms with Crippen molar-refractivity contribution < 1.29 is 19.1 Å². The van der Waals surface area contributed by atoms with Crippen LogP contribution in [-0.2, 0) is 9.47 Å². The summed E-state index contributed by atoms with van der Waals surface area (Å²) >= 11 is 0. The molecule has 7 nitrogen and oxygen atoms in total. The number of hydrogen-bond acceptors (Lipinski definition) is 6. The van der Waals surface area contributed by atoms with Gasteiger partial charge in [0.05, 0.1) is 32.2 Å². The number of rotatable bonds is 3. The molecule has 1 fully saturated rings. The number of nitrogens with zero attached hydrogens (tertiary/aromatic N) is 3. The van der Waals surface area contributed by atoms with E-state index in [0.717, 1.165) is 5.56 Å². The Hall–Kier alpha value is -2.80. The third-order valence-corrected chi connectivity index (χ3v) is 4.79. The van der Waals surface area contributed by atoms with Crippen molar-refractivity contribution in [2.24, 2.45) is 5.41 Å². The Balaban J connectivity index is 1.84. The van der Waals surface area contributed by atoms with Crippen LogP contribution < -0.4 is 0 Å². The molecule has 1 aromatic heterocycles. The lowest BCUT2D eigenvalue weighted by molar-refractivity contribution is -0.119. The number of amides is 1. The number of ether oxygens (including phenoxy) is 2. The molecule has 2 atom stereocenters. The van der Waals surface area contributed by atoms with Crippen molar-refractivity contribution in [1.82, 2.24) is 14.9 Å². The second kappa shape index (κ2) is 8.06. The van der Waals surface area contributed by atoms with Crippen LogP contribution in [0.5, 0.6) is 0 Å². The summed E-state index contributed by atoms with van der Waals surface area (Å²) in [6.07, 6.45) is 2.23. The smallest absolute Gasteiger partial charge is 0.358 e. The molecule has 0 radical (unpaired) electrons. The van der Waals surface area contributed by atoms with E-state index in [4.69, 9.17) is 4.74 Å². The van der Waals surface area contributed by atoms with E-state index in [1.54, 1.807) is 4.90 Å². The minimum atomic E-state index is -0.588. The summed E-state index contributed by atoms with van der Waals surface area (Å²) in [7, 11) is 1.27. The average Bonchev–Trinajstić information content (AvgIpc) is 2.72. The predicted molar refractivity (Wildman–Crippen MR) is 103 cm³/mol. The maximum absolute atomic E-state index is 13.1. The lowest BCUT2D eigenvalue weighted by Gasteiger charge is -2.43. The molecule has 0 saturated carbocycles. The quantitative estimate of drug-likeness (QED) is 0.758. The van der Waals surface area contributed by atoms with E-state index >= 15 is 0 Å². The molecule has 0 spiro atoms. The van der Waals surface area contributed by atoms with Crippen LogP contribution in [0.2, 0.25) is 0 Å². The maximum atomic E-state index is 13.1. The number of morpholine rings is 1. The highest BCUT2D eigenvalue weighted by Crippen LogP contribution is 2.33. The average molecular weight is 383 g/mol. The molecule has 0 unspecified atom stereocenters. The molecule has 0 bridgehead atoms. The minimum absolute atomic E-state index is 0.0655. The van der Waals surface area contributed by atoms with Gasteiger partial charge in [-0.15, -0.1) is 0 Å². The van der Waals surface area contributed by atoms with E-state index in [2.05, 4.69) is 35.5 Å². The summed E-state index contributed by atoms with van der Waals surface area (Å²) in [4.78, 5) is 34.4. The largest absolute Gasteiger partial charge is 0.464 e. The second-order valence-corrected chi connectivity index (χ2v) is 7.88. The molecule has 28 heavy (non-hydrogen) atoms. The molecule has 1 amide bonds. The van der Waals surface area contributed by atoms with Gasteiger partial charge in [-0.25, -0.2) is 14.8 Å². The first-order chi connectivity index (χ1) is 13.3. The van der Waals surface area contributed by atoms with Crippen molar-refractivity contribution in [2.45, 2.75) is 33.0 Å². The van der Waals surface area contributed by atoms with Crippen LogP contribution in [-0.4, -0.2) is 53.0 Å². The van der Waals surface area contributed by atoms with Crippen LogP contribution in [0.4, 0.5) is 0 Å². The Labute approximate surface area is 164 Å². The van der Waals surface area contributed by atoms with Crippen LogP contribution in [0.1, 0.15) is 53.4 Å². The van der Waals surface area contributed by atoms with Crippen LogP contribution >= 0.6 is 0 Å². The standard InChI is InChI=1S/C21H25N3O4/c1-21(2,3)18-13-24(12-17(28-18)14-8-6-5-7-9-14)19(25)15-10-23-16(11-22-15)20(26)27-4/h5-11,17-18H,12-13H2,1-4H3/t17-,18+/m0/s1. The molecule has 1 aliphatic rings. The number of aromatic nitrogens is 2. The zero-order valence-corrected chi connectivity index (χ0v) is 16.6. The summed E-state index contributed by atoms with van der Waals surface area (Å²) in [6, 6.07) is 9.88. The maximum Gasteiger partial charge on any atom is 0.358 e. The summed E-state index contributed by atoms with van der Waals surface area (Å²) in [5.41, 5.74) is 1.15. The minimum Gasteiger partial charge on any atom is -0.464 e. The lowest BCUT2D eigenvalue weighted by Crippen LogP contribution is -2.51.